The van der Waals surface area contributed by atoms with E-state index in [4.69, 9.17) is 4.74 Å². The number of aryl methyl sites for hydroxylation is 2. The number of hydrogen-bond donors (Lipinski definition) is 1. The van der Waals surface area contributed by atoms with Gasteiger partial charge < -0.3 is 10.1 Å². The zero-order chi connectivity index (χ0) is 16.0. The van der Waals surface area contributed by atoms with Gasteiger partial charge in [-0.05, 0) is 19.3 Å². The van der Waals surface area contributed by atoms with E-state index in [1.54, 1.807) is 11.7 Å². The van der Waals surface area contributed by atoms with E-state index in [-0.39, 0.29) is 16.7 Å². The fraction of sp³-hybridized carbons (Fsp3) is 0.786. The molecule has 1 rings (SSSR count). The molecule has 1 aromatic rings. The molecule has 120 valence electrons. The molecular formula is C14H26N4O3. The maximum atomic E-state index is 11.4. The van der Waals surface area contributed by atoms with Crippen molar-refractivity contribution in [1.82, 2.24) is 9.78 Å². The summed E-state index contributed by atoms with van der Waals surface area (Å²) in [5.74, 6) is 0.752. The van der Waals surface area contributed by atoms with E-state index in [0.717, 1.165) is 6.42 Å². The SMILES string of the molecule is CCCc1nn(C)c(NC(COCC)C(C)C)c1[N+](=O)[O-]. The molecule has 0 aliphatic carbocycles. The minimum Gasteiger partial charge on any atom is -0.380 e. The molecule has 7 nitrogen and oxygen atoms in total. The summed E-state index contributed by atoms with van der Waals surface area (Å²) in [6.45, 7) is 9.18. The van der Waals surface area contributed by atoms with Crippen LogP contribution in [0.4, 0.5) is 11.5 Å². The average Bonchev–Trinajstić information content (AvgIpc) is 2.70. The lowest BCUT2D eigenvalue weighted by atomic mass is 10.1. The third-order valence-electron chi connectivity index (χ3n) is 3.39. The van der Waals surface area contributed by atoms with E-state index < -0.39 is 0 Å². The molecule has 0 aliphatic rings. The van der Waals surface area contributed by atoms with E-state index in [1.807, 2.05) is 13.8 Å². The van der Waals surface area contributed by atoms with Crippen LogP contribution < -0.4 is 5.32 Å². The van der Waals surface area contributed by atoms with Crippen LogP contribution in [0.1, 0.15) is 39.8 Å². The highest BCUT2D eigenvalue weighted by atomic mass is 16.6. The Hall–Kier alpha value is -1.63. The van der Waals surface area contributed by atoms with Crippen molar-refractivity contribution in [3.8, 4) is 0 Å². The first-order valence-corrected chi connectivity index (χ1v) is 7.46. The normalized spacial score (nSPS) is 12.7. The molecule has 0 saturated carbocycles. The minimum atomic E-state index is -0.349. The highest BCUT2D eigenvalue weighted by Gasteiger charge is 2.28. The summed E-state index contributed by atoms with van der Waals surface area (Å²) in [4.78, 5) is 11.0. The molecule has 0 fully saturated rings. The molecule has 0 bridgehead atoms. The second-order valence-electron chi connectivity index (χ2n) is 5.43. The van der Waals surface area contributed by atoms with Gasteiger partial charge in [0, 0.05) is 13.7 Å². The lowest BCUT2D eigenvalue weighted by molar-refractivity contribution is -0.384. The van der Waals surface area contributed by atoms with Crippen LogP contribution >= 0.6 is 0 Å². The van der Waals surface area contributed by atoms with Gasteiger partial charge in [-0.3, -0.25) is 10.1 Å². The summed E-state index contributed by atoms with van der Waals surface area (Å²) in [5.41, 5.74) is 0.618. The van der Waals surface area contributed by atoms with Gasteiger partial charge in [-0.15, -0.1) is 0 Å². The Balaban J connectivity index is 3.07. The summed E-state index contributed by atoms with van der Waals surface area (Å²) in [6, 6.07) is 0.00789. The van der Waals surface area contributed by atoms with Crippen LogP contribution in [0.3, 0.4) is 0 Å². The van der Waals surface area contributed by atoms with Crippen molar-refractivity contribution in [2.45, 2.75) is 46.6 Å². The number of nitrogens with zero attached hydrogens (tertiary/aromatic N) is 3. The molecular weight excluding hydrogens is 272 g/mol. The number of hydrogen-bond acceptors (Lipinski definition) is 5. The summed E-state index contributed by atoms with van der Waals surface area (Å²) in [5, 5.41) is 18.9. The number of nitrogens with one attached hydrogen (secondary N) is 1. The van der Waals surface area contributed by atoms with Crippen LogP contribution in [0, 0.1) is 16.0 Å². The van der Waals surface area contributed by atoms with Crippen LogP contribution in [0.15, 0.2) is 0 Å². The van der Waals surface area contributed by atoms with Crippen LogP contribution in [-0.2, 0) is 18.2 Å². The average molecular weight is 298 g/mol. The summed E-state index contributed by atoms with van der Waals surface area (Å²) in [6.07, 6.45) is 1.42. The number of rotatable bonds is 9. The van der Waals surface area contributed by atoms with E-state index in [9.17, 15) is 10.1 Å². The van der Waals surface area contributed by atoms with Gasteiger partial charge in [0.25, 0.3) is 0 Å². The monoisotopic (exact) mass is 298 g/mol. The molecule has 0 spiro atoms. The first-order chi connectivity index (χ1) is 9.92. The molecule has 21 heavy (non-hydrogen) atoms. The molecule has 0 amide bonds. The summed E-state index contributed by atoms with van der Waals surface area (Å²) in [7, 11) is 1.73. The first-order valence-electron chi connectivity index (χ1n) is 7.46. The van der Waals surface area contributed by atoms with Gasteiger partial charge in [0.1, 0.15) is 5.69 Å². The molecule has 0 aliphatic heterocycles. The highest BCUT2D eigenvalue weighted by molar-refractivity contribution is 5.60. The predicted octanol–water partition coefficient (Wildman–Crippen LogP) is 2.75. The van der Waals surface area contributed by atoms with Crippen molar-refractivity contribution in [1.29, 1.82) is 0 Å². The van der Waals surface area contributed by atoms with Gasteiger partial charge in [-0.2, -0.15) is 5.10 Å². The first kappa shape index (κ1) is 17.4. The van der Waals surface area contributed by atoms with Crippen molar-refractivity contribution in [3.05, 3.63) is 15.8 Å². The number of ether oxygens (including phenoxy) is 1. The van der Waals surface area contributed by atoms with Crippen LogP contribution in [0.5, 0.6) is 0 Å². The van der Waals surface area contributed by atoms with Crippen molar-refractivity contribution in [3.63, 3.8) is 0 Å². The van der Waals surface area contributed by atoms with Crippen molar-refractivity contribution >= 4 is 11.5 Å². The predicted molar refractivity (Wildman–Crippen MR) is 82.6 cm³/mol. The molecule has 1 N–H and O–H groups in total. The maximum absolute atomic E-state index is 11.4. The Morgan fingerprint density at radius 3 is 2.57 bits per heavy atom. The van der Waals surface area contributed by atoms with Gasteiger partial charge >= 0.3 is 5.69 Å². The topological polar surface area (TPSA) is 82.2 Å². The number of anilines is 1. The van der Waals surface area contributed by atoms with Gasteiger partial charge in [-0.1, -0.05) is 27.2 Å². The van der Waals surface area contributed by atoms with Gasteiger partial charge in [0.2, 0.25) is 5.82 Å². The Kier molecular flexibility index (Phi) is 6.61. The third-order valence-corrected chi connectivity index (χ3v) is 3.39. The largest absolute Gasteiger partial charge is 0.380 e. The molecule has 1 heterocycles. The van der Waals surface area contributed by atoms with Gasteiger partial charge in [0.05, 0.1) is 17.6 Å². The lowest BCUT2D eigenvalue weighted by Crippen LogP contribution is -2.32. The summed E-state index contributed by atoms with van der Waals surface area (Å²) >= 11 is 0. The van der Waals surface area contributed by atoms with Crippen LogP contribution in [0.2, 0.25) is 0 Å². The fourth-order valence-electron chi connectivity index (χ4n) is 2.15. The second-order valence-corrected chi connectivity index (χ2v) is 5.43. The zero-order valence-corrected chi connectivity index (χ0v) is 13.5. The smallest absolute Gasteiger partial charge is 0.334 e. The Bertz CT molecular complexity index is 471. The molecule has 1 atom stereocenters. The van der Waals surface area contributed by atoms with E-state index in [0.29, 0.717) is 37.1 Å². The molecule has 1 aromatic heterocycles. The second kappa shape index (κ2) is 7.97. The van der Waals surface area contributed by atoms with Crippen molar-refractivity contribution < 1.29 is 9.66 Å². The molecule has 0 radical (unpaired) electrons. The maximum Gasteiger partial charge on any atom is 0.334 e. The molecule has 7 heteroatoms. The molecule has 1 unspecified atom stereocenters. The Morgan fingerprint density at radius 2 is 2.10 bits per heavy atom. The van der Waals surface area contributed by atoms with E-state index >= 15 is 0 Å². The van der Waals surface area contributed by atoms with Crippen LogP contribution in [-0.4, -0.2) is 34.0 Å². The number of aromatic nitrogens is 2. The summed E-state index contributed by atoms with van der Waals surface area (Å²) < 4.78 is 7.02. The highest BCUT2D eigenvalue weighted by Crippen LogP contribution is 2.30. The quantitative estimate of drug-likeness (QED) is 0.560. The van der Waals surface area contributed by atoms with Crippen LogP contribution in [0.25, 0.3) is 0 Å². The van der Waals surface area contributed by atoms with Crippen molar-refractivity contribution in [2.75, 3.05) is 18.5 Å². The fourth-order valence-corrected chi connectivity index (χ4v) is 2.15. The number of nitro groups is 1. The Labute approximate surface area is 125 Å². The third kappa shape index (κ3) is 4.42. The molecule has 0 saturated heterocycles. The Morgan fingerprint density at radius 1 is 1.43 bits per heavy atom. The zero-order valence-electron chi connectivity index (χ0n) is 13.5. The standard InChI is InChI=1S/C14H26N4O3/c1-6-8-11-13(18(19)20)14(17(5)16-11)15-12(10(3)4)9-21-7-2/h10,12,15H,6-9H2,1-5H3. The lowest BCUT2D eigenvalue weighted by Gasteiger charge is -2.22. The van der Waals surface area contributed by atoms with E-state index in [2.05, 4.69) is 24.3 Å². The van der Waals surface area contributed by atoms with E-state index in [1.165, 1.54) is 0 Å². The molecule has 0 aromatic carbocycles. The van der Waals surface area contributed by atoms with Gasteiger partial charge in [-0.25, -0.2) is 4.68 Å². The minimum absolute atomic E-state index is 0.00789. The van der Waals surface area contributed by atoms with Crippen molar-refractivity contribution in [2.24, 2.45) is 13.0 Å². The van der Waals surface area contributed by atoms with Gasteiger partial charge in [0.15, 0.2) is 0 Å².